The van der Waals surface area contributed by atoms with Gasteiger partial charge in [-0.3, -0.25) is 4.79 Å². The number of aryl methyl sites for hydroxylation is 2. The fourth-order valence-corrected chi connectivity index (χ4v) is 3.13. The van der Waals surface area contributed by atoms with E-state index in [0.717, 1.165) is 22.5 Å². The highest BCUT2D eigenvalue weighted by molar-refractivity contribution is 5.93. The second-order valence-corrected chi connectivity index (χ2v) is 6.79. The first-order valence-electron chi connectivity index (χ1n) is 8.15. The smallest absolute Gasteiger partial charge is 0.227 e. The monoisotopic (exact) mass is 330 g/mol. The van der Waals surface area contributed by atoms with Crippen molar-refractivity contribution in [2.45, 2.75) is 39.3 Å². The van der Waals surface area contributed by atoms with Crippen LogP contribution in [0.2, 0.25) is 0 Å². The van der Waals surface area contributed by atoms with Crippen molar-refractivity contribution < 1.29 is 9.18 Å². The lowest BCUT2D eigenvalue weighted by molar-refractivity contribution is -0.128. The summed E-state index contributed by atoms with van der Waals surface area (Å²) < 4.78 is 15.7. The van der Waals surface area contributed by atoms with Crippen LogP contribution in [0.25, 0.3) is 5.69 Å². The summed E-state index contributed by atoms with van der Waals surface area (Å²) in [7, 11) is 0. The quantitative estimate of drug-likeness (QED) is 0.905. The molecular formula is C18H23FN4O. The van der Waals surface area contributed by atoms with Crippen LogP contribution in [0, 0.1) is 26.7 Å². The molecule has 1 amide bonds. The van der Waals surface area contributed by atoms with Gasteiger partial charge in [0, 0.05) is 12.5 Å². The van der Waals surface area contributed by atoms with E-state index in [9.17, 15) is 9.18 Å². The molecule has 128 valence electrons. The van der Waals surface area contributed by atoms with Gasteiger partial charge in [-0.1, -0.05) is 12.1 Å². The Labute approximate surface area is 141 Å². The van der Waals surface area contributed by atoms with Gasteiger partial charge < -0.3 is 11.1 Å². The Morgan fingerprint density at radius 2 is 2.12 bits per heavy atom. The van der Waals surface area contributed by atoms with Crippen LogP contribution in [-0.2, 0) is 4.79 Å². The molecule has 3 N–H and O–H groups in total. The number of aromatic nitrogens is 2. The molecule has 1 fully saturated rings. The molecule has 6 heteroatoms. The van der Waals surface area contributed by atoms with Crippen molar-refractivity contribution in [3.8, 4) is 5.69 Å². The summed E-state index contributed by atoms with van der Waals surface area (Å²) in [6, 6.07) is 6.16. The number of carbonyl (C=O) groups is 1. The zero-order valence-electron chi connectivity index (χ0n) is 14.3. The Kier molecular flexibility index (Phi) is 4.17. The highest BCUT2D eigenvalue weighted by atomic mass is 19.1. The largest absolute Gasteiger partial charge is 0.328 e. The summed E-state index contributed by atoms with van der Waals surface area (Å²) in [4.78, 5) is 12.3. The number of benzene rings is 1. The van der Waals surface area contributed by atoms with Crippen molar-refractivity contribution in [2.24, 2.45) is 11.7 Å². The van der Waals surface area contributed by atoms with Crippen LogP contribution in [0.5, 0.6) is 0 Å². The van der Waals surface area contributed by atoms with E-state index in [-0.39, 0.29) is 31.2 Å². The number of nitrogens with two attached hydrogens (primary N) is 1. The Morgan fingerprint density at radius 1 is 1.42 bits per heavy atom. The summed E-state index contributed by atoms with van der Waals surface area (Å²) in [6.45, 7) is 5.93. The van der Waals surface area contributed by atoms with Gasteiger partial charge in [-0.2, -0.15) is 5.10 Å². The number of alkyl halides is 1. The van der Waals surface area contributed by atoms with E-state index in [1.807, 2.05) is 31.5 Å². The maximum absolute atomic E-state index is 13.9. The number of nitrogens with one attached hydrogen (secondary N) is 1. The van der Waals surface area contributed by atoms with Gasteiger partial charge in [-0.05, 0) is 50.8 Å². The second kappa shape index (κ2) is 6.02. The van der Waals surface area contributed by atoms with E-state index in [1.165, 1.54) is 0 Å². The average molecular weight is 330 g/mol. The van der Waals surface area contributed by atoms with Crippen LogP contribution in [0.4, 0.5) is 10.1 Å². The molecule has 0 atom stereocenters. The summed E-state index contributed by atoms with van der Waals surface area (Å²) in [5, 5.41) is 7.27. The van der Waals surface area contributed by atoms with Gasteiger partial charge in [0.25, 0.3) is 0 Å². The molecular weight excluding hydrogens is 307 g/mol. The first kappa shape index (κ1) is 16.6. The molecule has 0 spiro atoms. The fourth-order valence-electron chi connectivity index (χ4n) is 3.13. The van der Waals surface area contributed by atoms with Crippen LogP contribution in [0.15, 0.2) is 24.4 Å². The van der Waals surface area contributed by atoms with Gasteiger partial charge in [0.2, 0.25) is 5.91 Å². The molecule has 1 aromatic heterocycles. The molecule has 1 aliphatic rings. The Bertz CT molecular complexity index is 777. The van der Waals surface area contributed by atoms with Crippen molar-refractivity contribution in [1.29, 1.82) is 0 Å². The molecule has 1 heterocycles. The summed E-state index contributed by atoms with van der Waals surface area (Å²) >= 11 is 0. The predicted molar refractivity (Wildman–Crippen MR) is 92.0 cm³/mol. The highest BCUT2D eigenvalue weighted by Gasteiger charge is 2.47. The number of carbonyl (C=O) groups excluding carboxylic acids is 1. The Hall–Kier alpha value is -2.21. The molecule has 0 aliphatic heterocycles. The van der Waals surface area contributed by atoms with Gasteiger partial charge >= 0.3 is 0 Å². The summed E-state index contributed by atoms with van der Waals surface area (Å²) in [6.07, 6.45) is 2.03. The number of amides is 1. The summed E-state index contributed by atoms with van der Waals surface area (Å²) in [5.74, 6) is -0.484. The molecule has 0 bridgehead atoms. The minimum Gasteiger partial charge on any atom is -0.328 e. The van der Waals surface area contributed by atoms with Crippen LogP contribution in [-0.4, -0.2) is 27.9 Å². The molecule has 5 nitrogen and oxygen atoms in total. The Balaban J connectivity index is 1.76. The number of hydrogen-bond acceptors (Lipinski definition) is 3. The van der Waals surface area contributed by atoms with Gasteiger partial charge in [0.05, 0.1) is 23.3 Å². The molecule has 1 aliphatic carbocycles. The van der Waals surface area contributed by atoms with Crippen molar-refractivity contribution in [3.63, 3.8) is 0 Å². The number of rotatable bonds is 4. The van der Waals surface area contributed by atoms with Crippen LogP contribution >= 0.6 is 0 Å². The molecule has 24 heavy (non-hydrogen) atoms. The van der Waals surface area contributed by atoms with Gasteiger partial charge in [-0.15, -0.1) is 0 Å². The van der Waals surface area contributed by atoms with E-state index < -0.39 is 5.67 Å². The molecule has 0 radical (unpaired) electrons. The lowest BCUT2D eigenvalue weighted by atomic mass is 9.72. The van der Waals surface area contributed by atoms with Crippen molar-refractivity contribution in [3.05, 3.63) is 41.2 Å². The van der Waals surface area contributed by atoms with E-state index >= 15 is 0 Å². The molecule has 2 aromatic rings. The standard InChI is InChI=1S/C18H23FN4O/c1-11-4-5-12(2)16(6-11)23-13(3)15(9-21-23)22-17(24)14-7-18(19,8-14)10-20/h4-6,9,14H,7-8,10,20H2,1-3H3,(H,22,24). The van der Waals surface area contributed by atoms with Gasteiger partial charge in [0.1, 0.15) is 5.67 Å². The van der Waals surface area contributed by atoms with E-state index in [0.29, 0.717) is 5.69 Å². The molecule has 3 rings (SSSR count). The van der Waals surface area contributed by atoms with E-state index in [4.69, 9.17) is 5.73 Å². The van der Waals surface area contributed by atoms with Gasteiger partial charge in [-0.25, -0.2) is 9.07 Å². The van der Waals surface area contributed by atoms with Crippen LogP contribution < -0.4 is 11.1 Å². The second-order valence-electron chi connectivity index (χ2n) is 6.79. The predicted octanol–water partition coefficient (Wildman–Crippen LogP) is 2.81. The number of nitrogens with zero attached hydrogens (tertiary/aromatic N) is 2. The maximum Gasteiger partial charge on any atom is 0.227 e. The number of hydrogen-bond donors (Lipinski definition) is 2. The van der Waals surface area contributed by atoms with Crippen molar-refractivity contribution in [2.75, 3.05) is 11.9 Å². The molecule has 0 unspecified atom stereocenters. The summed E-state index contributed by atoms with van der Waals surface area (Å²) in [5.41, 5.74) is 8.75. The van der Waals surface area contributed by atoms with E-state index in [2.05, 4.69) is 22.5 Å². The van der Waals surface area contributed by atoms with Crippen LogP contribution in [0.3, 0.4) is 0 Å². The SMILES string of the molecule is Cc1ccc(C)c(-n2ncc(NC(=O)C3CC(F)(CN)C3)c2C)c1. The number of anilines is 1. The number of halogens is 1. The third-order valence-electron chi connectivity index (χ3n) is 4.82. The van der Waals surface area contributed by atoms with Crippen LogP contribution in [0.1, 0.15) is 29.7 Å². The Morgan fingerprint density at radius 3 is 2.79 bits per heavy atom. The minimum atomic E-state index is -1.38. The lowest BCUT2D eigenvalue weighted by Crippen LogP contribution is -2.49. The molecule has 1 saturated carbocycles. The van der Waals surface area contributed by atoms with E-state index in [1.54, 1.807) is 6.20 Å². The average Bonchev–Trinajstić information content (AvgIpc) is 2.87. The van der Waals surface area contributed by atoms with Crippen molar-refractivity contribution >= 4 is 11.6 Å². The normalized spacial score (nSPS) is 23.0. The highest BCUT2D eigenvalue weighted by Crippen LogP contribution is 2.41. The fraction of sp³-hybridized carbons (Fsp3) is 0.444. The minimum absolute atomic E-state index is 0.0274. The molecule has 0 saturated heterocycles. The third kappa shape index (κ3) is 2.94. The molecule has 1 aromatic carbocycles. The van der Waals surface area contributed by atoms with Gasteiger partial charge in [0.15, 0.2) is 0 Å². The zero-order chi connectivity index (χ0) is 17.5. The first-order valence-corrected chi connectivity index (χ1v) is 8.15. The maximum atomic E-state index is 13.9. The zero-order valence-corrected chi connectivity index (χ0v) is 14.3. The van der Waals surface area contributed by atoms with Crippen molar-refractivity contribution in [1.82, 2.24) is 9.78 Å². The topological polar surface area (TPSA) is 72.9 Å². The first-order chi connectivity index (χ1) is 11.3. The lowest BCUT2D eigenvalue weighted by Gasteiger charge is -2.39. The third-order valence-corrected chi connectivity index (χ3v) is 4.82.